The minimum atomic E-state index is -6.43. The van der Waals surface area contributed by atoms with E-state index in [1.807, 2.05) is 19.1 Å². The predicted molar refractivity (Wildman–Crippen MR) is 151 cm³/mol. The highest BCUT2D eigenvalue weighted by atomic mass is 32.2. The lowest BCUT2D eigenvalue weighted by Crippen LogP contribution is -2.62. The molecule has 0 spiro atoms. The van der Waals surface area contributed by atoms with Crippen LogP contribution in [0.25, 0.3) is 22.3 Å². The number of unbranched alkanes of at least 4 members (excludes halogenated alkanes) is 2. The van der Waals surface area contributed by atoms with Gasteiger partial charge in [-0.15, -0.1) is 11.8 Å². The number of carbonyl (C=O) groups excluding carboxylic acids is 1. The predicted octanol–water partition coefficient (Wildman–Crippen LogP) is 10.3. The van der Waals surface area contributed by atoms with E-state index in [9.17, 15) is 39.9 Å². The zero-order chi connectivity index (χ0) is 32.1. The monoisotopic (exact) mass is 636 g/mol. The molecule has 3 nitrogen and oxygen atoms in total. The maximum atomic E-state index is 14.3. The summed E-state index contributed by atoms with van der Waals surface area (Å²) in [4.78, 5) is 11.2. The van der Waals surface area contributed by atoms with Gasteiger partial charge in [-0.05, 0) is 55.2 Å². The third-order valence-corrected chi connectivity index (χ3v) is 7.94. The second-order valence-electron chi connectivity index (χ2n) is 10.2. The topological polar surface area (TPSA) is 39.4 Å². The Kier molecular flexibility index (Phi) is 11.0. The fraction of sp³-hybridized carbons (Fsp3) is 0.452. The largest absolute Gasteiger partial charge is 0.462 e. The van der Waals surface area contributed by atoms with Crippen LogP contribution in [0.5, 0.6) is 0 Å². The smallest absolute Gasteiger partial charge is 0.378 e. The van der Waals surface area contributed by atoms with Crippen molar-refractivity contribution in [2.45, 2.75) is 81.0 Å². The van der Waals surface area contributed by atoms with Gasteiger partial charge in [0.2, 0.25) is 0 Å². The number of fused-ring (bicyclic) bond motifs is 1. The van der Waals surface area contributed by atoms with Crippen molar-refractivity contribution in [1.82, 2.24) is 0 Å². The summed E-state index contributed by atoms with van der Waals surface area (Å²) in [5, 5.41) is 0.697. The van der Waals surface area contributed by atoms with E-state index in [2.05, 4.69) is 24.3 Å². The van der Waals surface area contributed by atoms with Crippen LogP contribution in [0.3, 0.4) is 0 Å². The van der Waals surface area contributed by atoms with Gasteiger partial charge in [0.1, 0.15) is 11.3 Å². The van der Waals surface area contributed by atoms with Crippen LogP contribution in [0, 0.1) is 6.92 Å². The molecule has 2 aromatic carbocycles. The zero-order valence-corrected chi connectivity index (χ0v) is 24.5. The first-order chi connectivity index (χ1) is 20.1. The van der Waals surface area contributed by atoms with Gasteiger partial charge in [0, 0.05) is 34.1 Å². The van der Waals surface area contributed by atoms with Crippen LogP contribution < -0.4 is 0 Å². The van der Waals surface area contributed by atoms with Crippen LogP contribution in [-0.4, -0.2) is 42.0 Å². The molecule has 0 N–H and O–H groups in total. The molecule has 0 atom stereocenters. The van der Waals surface area contributed by atoms with E-state index < -0.39 is 54.9 Å². The number of furan rings is 1. The summed E-state index contributed by atoms with van der Waals surface area (Å²) in [6.07, 6.45) is 0.957. The maximum absolute atomic E-state index is 14.3. The zero-order valence-electron chi connectivity index (χ0n) is 23.6. The Labute approximate surface area is 248 Å². The first-order valence-corrected chi connectivity index (χ1v) is 14.6. The van der Waals surface area contributed by atoms with Gasteiger partial charge in [0.05, 0.1) is 13.0 Å². The second-order valence-corrected chi connectivity index (χ2v) is 11.4. The number of alkyl halides is 8. The van der Waals surface area contributed by atoms with E-state index in [4.69, 9.17) is 4.42 Å². The minimum absolute atomic E-state index is 0.330. The molecule has 0 aliphatic rings. The van der Waals surface area contributed by atoms with Gasteiger partial charge < -0.3 is 9.15 Å². The summed E-state index contributed by atoms with van der Waals surface area (Å²) in [6.45, 7) is 5.65. The summed E-state index contributed by atoms with van der Waals surface area (Å²) >= 11 is 0.663. The van der Waals surface area contributed by atoms with Crippen LogP contribution >= 0.6 is 11.8 Å². The van der Waals surface area contributed by atoms with Gasteiger partial charge in [0.15, 0.2) is 0 Å². The Balaban J connectivity index is 1.67. The van der Waals surface area contributed by atoms with Crippen molar-refractivity contribution in [3.63, 3.8) is 0 Å². The average molecular weight is 637 g/mol. The van der Waals surface area contributed by atoms with Crippen LogP contribution in [0.4, 0.5) is 35.1 Å². The van der Waals surface area contributed by atoms with Crippen molar-refractivity contribution in [3.05, 3.63) is 66.2 Å². The van der Waals surface area contributed by atoms with Crippen LogP contribution in [0.2, 0.25) is 0 Å². The van der Waals surface area contributed by atoms with Crippen LogP contribution in [0.1, 0.15) is 50.2 Å². The summed E-state index contributed by atoms with van der Waals surface area (Å²) in [5.74, 6) is -25.4. The van der Waals surface area contributed by atoms with Crippen LogP contribution in [0.15, 0.2) is 64.4 Å². The van der Waals surface area contributed by atoms with Crippen molar-refractivity contribution >= 4 is 28.7 Å². The van der Waals surface area contributed by atoms with Crippen molar-refractivity contribution in [3.8, 4) is 11.3 Å². The summed E-state index contributed by atoms with van der Waals surface area (Å²) in [6, 6.07) is 12.5. The number of ether oxygens (including phenoxy) is 1. The molecule has 0 fully saturated rings. The Morgan fingerprint density at radius 1 is 0.930 bits per heavy atom. The van der Waals surface area contributed by atoms with E-state index in [-0.39, 0.29) is 0 Å². The molecule has 3 aromatic rings. The van der Waals surface area contributed by atoms with E-state index in [1.165, 1.54) is 17.7 Å². The molecular weight excluding hydrogens is 604 g/mol. The van der Waals surface area contributed by atoms with Gasteiger partial charge in [-0.3, -0.25) is 0 Å². The first kappa shape index (κ1) is 34.5. The molecule has 0 aliphatic carbocycles. The number of carbonyl (C=O) groups is 1. The fourth-order valence-corrected chi connectivity index (χ4v) is 5.33. The number of halogens is 8. The molecule has 3 rings (SSSR count). The van der Waals surface area contributed by atoms with Crippen molar-refractivity contribution in [2.24, 2.45) is 0 Å². The van der Waals surface area contributed by atoms with Gasteiger partial charge in [-0.1, -0.05) is 44.5 Å². The highest BCUT2D eigenvalue weighted by Crippen LogP contribution is 2.54. The summed E-state index contributed by atoms with van der Waals surface area (Å²) in [7, 11) is 0. The highest BCUT2D eigenvalue weighted by Gasteiger charge is 2.79. The van der Waals surface area contributed by atoms with Gasteiger partial charge >= 0.3 is 29.7 Å². The molecule has 0 unspecified atom stereocenters. The molecule has 236 valence electrons. The normalized spacial score (nSPS) is 13.0. The third kappa shape index (κ3) is 7.74. The second kappa shape index (κ2) is 13.7. The number of hydrogen-bond donors (Lipinski definition) is 0. The lowest BCUT2D eigenvalue weighted by Gasteiger charge is -2.36. The van der Waals surface area contributed by atoms with E-state index in [1.54, 1.807) is 12.1 Å². The number of thioether (sulfide) groups is 1. The molecule has 0 radical (unpaired) electrons. The van der Waals surface area contributed by atoms with Gasteiger partial charge in [0.25, 0.3) is 0 Å². The molecule has 1 aromatic heterocycles. The minimum Gasteiger partial charge on any atom is -0.462 e. The number of esters is 1. The highest BCUT2D eigenvalue weighted by molar-refractivity contribution is 7.99. The number of benzene rings is 2. The lowest BCUT2D eigenvalue weighted by molar-refractivity contribution is -0.367. The van der Waals surface area contributed by atoms with Crippen molar-refractivity contribution in [2.75, 3.05) is 12.4 Å². The Morgan fingerprint density at radius 3 is 2.23 bits per heavy atom. The lowest BCUT2D eigenvalue weighted by atomic mass is 9.95. The molecule has 43 heavy (non-hydrogen) atoms. The third-order valence-electron chi connectivity index (χ3n) is 6.94. The quantitative estimate of drug-likeness (QED) is 0.0516. The van der Waals surface area contributed by atoms with Gasteiger partial charge in [-0.25, -0.2) is 4.79 Å². The molecule has 0 aliphatic heterocycles. The van der Waals surface area contributed by atoms with Crippen LogP contribution in [-0.2, 0) is 16.0 Å². The van der Waals surface area contributed by atoms with Gasteiger partial charge in [-0.2, -0.15) is 35.1 Å². The number of aryl methyl sites for hydroxylation is 2. The SMILES string of the molecule is C=CC(=O)OCCC(F)(F)C(F)(F)C(F)(F)C(F)(F)CCSc1ccc2cc(-c3ccc(CCCCC)cc3C)oc2c1. The summed E-state index contributed by atoms with van der Waals surface area (Å²) in [5.41, 5.74) is 3.48. The Bertz CT molecular complexity index is 1420. The molecule has 1 heterocycles. The summed E-state index contributed by atoms with van der Waals surface area (Å²) < 4.78 is 123. The fourth-order valence-electron chi connectivity index (χ4n) is 4.38. The Morgan fingerprint density at radius 2 is 1.60 bits per heavy atom. The molecule has 0 bridgehead atoms. The Hall–Kier alpha value is -3.02. The standard InChI is InChI=1S/C31H32F8O3S/c1-4-6-7-8-21-9-12-24(20(3)17-21)26-18-22-10-11-23(19-25(22)42-26)43-16-14-29(34,35)31(38,39)30(36,37)28(32,33)13-15-41-27(40)5-2/h5,9-12,17-19H,2,4,6-8,13-16H2,1,3H3. The number of rotatable bonds is 16. The first-order valence-electron chi connectivity index (χ1n) is 13.6. The molecule has 12 heteroatoms. The van der Waals surface area contributed by atoms with E-state index in [0.29, 0.717) is 39.5 Å². The molecule has 0 saturated carbocycles. The van der Waals surface area contributed by atoms with E-state index in [0.717, 1.165) is 36.8 Å². The van der Waals surface area contributed by atoms with E-state index >= 15 is 0 Å². The van der Waals surface area contributed by atoms with Crippen molar-refractivity contribution in [1.29, 1.82) is 0 Å². The molecule has 0 amide bonds. The average Bonchev–Trinajstić information content (AvgIpc) is 3.35. The number of hydrogen-bond acceptors (Lipinski definition) is 4. The van der Waals surface area contributed by atoms with Crippen molar-refractivity contribution < 1.29 is 49.1 Å². The maximum Gasteiger partial charge on any atom is 0.378 e. The molecular formula is C31H32F8O3S. The molecule has 0 saturated heterocycles.